The lowest BCUT2D eigenvalue weighted by Crippen LogP contribution is -2.52. The Balaban J connectivity index is 2.49. The van der Waals surface area contributed by atoms with Crippen LogP contribution in [0.2, 0.25) is 0 Å². The SMILES string of the molecule is CCN(C)C1CCCCC1NC(C)C. The Morgan fingerprint density at radius 3 is 2.50 bits per heavy atom. The smallest absolute Gasteiger partial charge is 0.0246 e. The zero-order valence-electron chi connectivity index (χ0n) is 10.2. The number of likely N-dealkylation sites (N-methyl/N-ethyl adjacent to an activating group) is 1. The van der Waals surface area contributed by atoms with E-state index in [0.29, 0.717) is 12.1 Å². The molecular weight excluding hydrogens is 172 g/mol. The predicted molar refractivity (Wildman–Crippen MR) is 62.6 cm³/mol. The molecule has 1 aliphatic rings. The van der Waals surface area contributed by atoms with Crippen LogP contribution >= 0.6 is 0 Å². The zero-order chi connectivity index (χ0) is 10.6. The van der Waals surface area contributed by atoms with Gasteiger partial charge in [-0.05, 0) is 26.4 Å². The van der Waals surface area contributed by atoms with Crippen LogP contribution in [-0.4, -0.2) is 36.6 Å². The molecule has 1 N–H and O–H groups in total. The third kappa shape index (κ3) is 3.25. The first kappa shape index (κ1) is 12.0. The summed E-state index contributed by atoms with van der Waals surface area (Å²) in [6, 6.07) is 2.09. The molecule has 0 saturated heterocycles. The highest BCUT2D eigenvalue weighted by atomic mass is 15.2. The summed E-state index contributed by atoms with van der Waals surface area (Å²) in [6.07, 6.45) is 5.53. The minimum atomic E-state index is 0.617. The van der Waals surface area contributed by atoms with E-state index in [1.807, 2.05) is 0 Å². The molecule has 0 aliphatic heterocycles. The van der Waals surface area contributed by atoms with Crippen LogP contribution in [0.25, 0.3) is 0 Å². The van der Waals surface area contributed by atoms with Crippen molar-refractivity contribution in [3.8, 4) is 0 Å². The number of nitrogens with one attached hydrogen (secondary N) is 1. The molecule has 84 valence electrons. The van der Waals surface area contributed by atoms with Gasteiger partial charge in [0.25, 0.3) is 0 Å². The molecule has 1 rings (SSSR count). The van der Waals surface area contributed by atoms with Gasteiger partial charge in [-0.15, -0.1) is 0 Å². The maximum absolute atomic E-state index is 3.71. The van der Waals surface area contributed by atoms with E-state index in [1.165, 1.54) is 32.2 Å². The van der Waals surface area contributed by atoms with Gasteiger partial charge < -0.3 is 10.2 Å². The molecule has 0 radical (unpaired) electrons. The summed E-state index contributed by atoms with van der Waals surface area (Å²) in [5.41, 5.74) is 0. The van der Waals surface area contributed by atoms with Gasteiger partial charge in [-0.1, -0.05) is 33.6 Å². The Morgan fingerprint density at radius 2 is 1.93 bits per heavy atom. The first-order valence-corrected chi connectivity index (χ1v) is 6.11. The van der Waals surface area contributed by atoms with E-state index in [2.05, 4.69) is 38.0 Å². The van der Waals surface area contributed by atoms with E-state index in [9.17, 15) is 0 Å². The summed E-state index contributed by atoms with van der Waals surface area (Å²) in [7, 11) is 2.25. The van der Waals surface area contributed by atoms with Crippen molar-refractivity contribution in [2.45, 2.75) is 64.6 Å². The van der Waals surface area contributed by atoms with E-state index in [4.69, 9.17) is 0 Å². The van der Waals surface area contributed by atoms with Gasteiger partial charge in [0.2, 0.25) is 0 Å². The molecule has 14 heavy (non-hydrogen) atoms. The number of hydrogen-bond donors (Lipinski definition) is 1. The van der Waals surface area contributed by atoms with Gasteiger partial charge in [-0.25, -0.2) is 0 Å². The third-order valence-electron chi connectivity index (χ3n) is 3.34. The minimum Gasteiger partial charge on any atom is -0.310 e. The van der Waals surface area contributed by atoms with Gasteiger partial charge in [0.05, 0.1) is 0 Å². The monoisotopic (exact) mass is 198 g/mol. The normalized spacial score (nSPS) is 28.7. The van der Waals surface area contributed by atoms with Crippen LogP contribution in [-0.2, 0) is 0 Å². The Morgan fingerprint density at radius 1 is 1.29 bits per heavy atom. The first-order valence-electron chi connectivity index (χ1n) is 6.11. The Kier molecular flexibility index (Phi) is 4.90. The second-order valence-electron chi connectivity index (χ2n) is 4.85. The molecule has 1 fully saturated rings. The van der Waals surface area contributed by atoms with Crippen molar-refractivity contribution >= 4 is 0 Å². The van der Waals surface area contributed by atoms with Crippen LogP contribution in [0, 0.1) is 0 Å². The first-order chi connectivity index (χ1) is 6.65. The summed E-state index contributed by atoms with van der Waals surface area (Å²) in [4.78, 5) is 2.50. The molecule has 2 nitrogen and oxygen atoms in total. The van der Waals surface area contributed by atoms with Gasteiger partial charge in [-0.3, -0.25) is 0 Å². The van der Waals surface area contributed by atoms with Crippen LogP contribution in [0.15, 0.2) is 0 Å². The molecule has 0 heterocycles. The van der Waals surface area contributed by atoms with Crippen molar-refractivity contribution in [3.05, 3.63) is 0 Å². The second kappa shape index (κ2) is 5.72. The summed E-state index contributed by atoms with van der Waals surface area (Å²) in [5.74, 6) is 0. The van der Waals surface area contributed by atoms with Gasteiger partial charge >= 0.3 is 0 Å². The molecule has 2 heteroatoms. The predicted octanol–water partition coefficient (Wildman–Crippen LogP) is 2.25. The Bertz CT molecular complexity index is 156. The van der Waals surface area contributed by atoms with E-state index in [-0.39, 0.29) is 0 Å². The molecule has 2 unspecified atom stereocenters. The highest BCUT2D eigenvalue weighted by molar-refractivity contribution is 4.87. The standard InChI is InChI=1S/C12H26N2/c1-5-14(4)12-9-7-6-8-11(12)13-10(2)3/h10-13H,5-9H2,1-4H3. The number of nitrogens with zero attached hydrogens (tertiary/aromatic N) is 1. The van der Waals surface area contributed by atoms with Gasteiger partial charge in [-0.2, -0.15) is 0 Å². The molecule has 0 aromatic rings. The van der Waals surface area contributed by atoms with Crippen LogP contribution in [0.3, 0.4) is 0 Å². The summed E-state index contributed by atoms with van der Waals surface area (Å²) >= 11 is 0. The van der Waals surface area contributed by atoms with Gasteiger partial charge in [0.1, 0.15) is 0 Å². The molecule has 0 spiro atoms. The maximum Gasteiger partial charge on any atom is 0.0246 e. The van der Waals surface area contributed by atoms with E-state index < -0.39 is 0 Å². The van der Waals surface area contributed by atoms with Gasteiger partial charge in [0, 0.05) is 18.1 Å². The summed E-state index contributed by atoms with van der Waals surface area (Å²) in [6.45, 7) is 7.91. The highest BCUT2D eigenvalue weighted by Gasteiger charge is 2.27. The fraction of sp³-hybridized carbons (Fsp3) is 1.00. The topological polar surface area (TPSA) is 15.3 Å². The van der Waals surface area contributed by atoms with Crippen LogP contribution in [0.4, 0.5) is 0 Å². The summed E-state index contributed by atoms with van der Waals surface area (Å²) in [5, 5.41) is 3.71. The highest BCUT2D eigenvalue weighted by Crippen LogP contribution is 2.22. The largest absolute Gasteiger partial charge is 0.310 e. The van der Waals surface area contributed by atoms with Gasteiger partial charge in [0.15, 0.2) is 0 Å². The quantitative estimate of drug-likeness (QED) is 0.745. The molecule has 1 aliphatic carbocycles. The van der Waals surface area contributed by atoms with Crippen molar-refractivity contribution in [1.29, 1.82) is 0 Å². The molecule has 2 atom stereocenters. The van der Waals surface area contributed by atoms with Crippen molar-refractivity contribution < 1.29 is 0 Å². The summed E-state index contributed by atoms with van der Waals surface area (Å²) < 4.78 is 0. The fourth-order valence-electron chi connectivity index (χ4n) is 2.50. The molecule has 0 aromatic heterocycles. The van der Waals surface area contributed by atoms with Crippen LogP contribution < -0.4 is 5.32 Å². The Labute approximate surface area is 89.1 Å². The van der Waals surface area contributed by atoms with Crippen molar-refractivity contribution in [3.63, 3.8) is 0 Å². The lowest BCUT2D eigenvalue weighted by atomic mass is 9.89. The number of hydrogen-bond acceptors (Lipinski definition) is 2. The third-order valence-corrected chi connectivity index (χ3v) is 3.34. The molecule has 0 bridgehead atoms. The van der Waals surface area contributed by atoms with Crippen LogP contribution in [0.1, 0.15) is 46.5 Å². The molecular formula is C12H26N2. The molecule has 1 saturated carbocycles. The average molecular weight is 198 g/mol. The van der Waals surface area contributed by atoms with E-state index >= 15 is 0 Å². The lowest BCUT2D eigenvalue weighted by Gasteiger charge is -2.39. The van der Waals surface area contributed by atoms with Crippen LogP contribution in [0.5, 0.6) is 0 Å². The Hall–Kier alpha value is -0.0800. The lowest BCUT2D eigenvalue weighted by molar-refractivity contribution is 0.150. The zero-order valence-corrected chi connectivity index (χ0v) is 10.2. The number of rotatable bonds is 4. The average Bonchev–Trinajstić information content (AvgIpc) is 2.16. The molecule has 0 amide bonds. The second-order valence-corrected chi connectivity index (χ2v) is 4.85. The molecule has 0 aromatic carbocycles. The van der Waals surface area contributed by atoms with E-state index in [1.54, 1.807) is 0 Å². The minimum absolute atomic E-state index is 0.617. The van der Waals surface area contributed by atoms with Crippen molar-refractivity contribution in [2.75, 3.05) is 13.6 Å². The van der Waals surface area contributed by atoms with E-state index in [0.717, 1.165) is 6.04 Å². The fourth-order valence-corrected chi connectivity index (χ4v) is 2.50. The maximum atomic E-state index is 3.71. The van der Waals surface area contributed by atoms with Crippen molar-refractivity contribution in [2.24, 2.45) is 0 Å². The van der Waals surface area contributed by atoms with Crippen molar-refractivity contribution in [1.82, 2.24) is 10.2 Å².